The van der Waals surface area contributed by atoms with Gasteiger partial charge in [0.15, 0.2) is 10.3 Å². The highest BCUT2D eigenvalue weighted by Gasteiger charge is 2.40. The van der Waals surface area contributed by atoms with Crippen LogP contribution in [0.15, 0.2) is 18.5 Å². The third-order valence-electron chi connectivity index (χ3n) is 6.77. The number of nitrogens with one attached hydrogen (secondary N) is 3. The number of halogens is 2. The van der Waals surface area contributed by atoms with E-state index in [0.717, 1.165) is 25.6 Å². The molecule has 2 bridgehead atoms. The van der Waals surface area contributed by atoms with E-state index in [1.54, 1.807) is 4.90 Å². The summed E-state index contributed by atoms with van der Waals surface area (Å²) >= 11 is 0.688. The SMILES string of the molecule is CN(C(=O)Nc1ncc(F)s1)[C@H]1CN(c2nccc(OC(=O)N[C@H]3C[C@H]4C[C@@H]3CN4)n2)CC[C@H]1F. The van der Waals surface area contributed by atoms with Gasteiger partial charge in [-0.2, -0.15) is 9.37 Å². The summed E-state index contributed by atoms with van der Waals surface area (Å²) in [5, 5.41) is 8.35. The molecule has 35 heavy (non-hydrogen) atoms. The molecule has 3 fully saturated rings. The van der Waals surface area contributed by atoms with Crippen molar-refractivity contribution in [2.45, 2.75) is 43.6 Å². The number of hydrogen-bond donors (Lipinski definition) is 3. The van der Waals surface area contributed by atoms with Crippen molar-refractivity contribution in [3.05, 3.63) is 23.6 Å². The Balaban J connectivity index is 1.19. The van der Waals surface area contributed by atoms with E-state index in [1.165, 1.54) is 24.2 Å². The van der Waals surface area contributed by atoms with Gasteiger partial charge in [0.1, 0.15) is 6.17 Å². The molecule has 4 heterocycles. The second-order valence-corrected chi connectivity index (χ2v) is 9.98. The summed E-state index contributed by atoms with van der Waals surface area (Å²) in [6.45, 7) is 1.36. The summed E-state index contributed by atoms with van der Waals surface area (Å²) in [7, 11) is 1.47. The molecule has 11 nitrogen and oxygen atoms in total. The van der Waals surface area contributed by atoms with Crippen LogP contribution in [0.1, 0.15) is 19.3 Å². The van der Waals surface area contributed by atoms with Crippen molar-refractivity contribution in [2.75, 3.05) is 36.9 Å². The zero-order valence-electron chi connectivity index (χ0n) is 19.0. The minimum Gasteiger partial charge on any atom is -0.391 e. The molecule has 3 N–H and O–H groups in total. The molecule has 14 heteroatoms. The molecule has 2 aromatic heterocycles. The van der Waals surface area contributed by atoms with Crippen LogP contribution in [0, 0.1) is 11.0 Å². The molecule has 0 spiro atoms. The lowest BCUT2D eigenvalue weighted by molar-refractivity contribution is 0.133. The summed E-state index contributed by atoms with van der Waals surface area (Å²) in [5.74, 6) is 0.771. The van der Waals surface area contributed by atoms with Crippen LogP contribution in [-0.4, -0.2) is 83.0 Å². The molecular weight excluding hydrogens is 482 g/mol. The molecule has 0 radical (unpaired) electrons. The summed E-state index contributed by atoms with van der Waals surface area (Å²) in [4.78, 5) is 40.2. The van der Waals surface area contributed by atoms with Gasteiger partial charge < -0.3 is 25.2 Å². The number of likely N-dealkylation sites (N-methyl/N-ethyl adjacent to an activating group) is 1. The average molecular weight is 509 g/mol. The molecule has 3 amide bonds. The monoisotopic (exact) mass is 508 g/mol. The highest BCUT2D eigenvalue weighted by Crippen LogP contribution is 2.31. The normalized spacial score (nSPS) is 27.5. The van der Waals surface area contributed by atoms with E-state index in [9.17, 15) is 18.4 Å². The van der Waals surface area contributed by atoms with Crippen LogP contribution in [0.25, 0.3) is 0 Å². The number of nitrogens with zero attached hydrogens (tertiary/aromatic N) is 5. The van der Waals surface area contributed by atoms with Crippen molar-refractivity contribution in [3.63, 3.8) is 0 Å². The minimum absolute atomic E-state index is 0.0851. The maximum Gasteiger partial charge on any atom is 0.414 e. The van der Waals surface area contributed by atoms with Crippen LogP contribution in [0.3, 0.4) is 0 Å². The first kappa shape index (κ1) is 23.6. The number of piperidine rings is 2. The molecular formula is C21H26F2N8O3S. The van der Waals surface area contributed by atoms with Crippen LogP contribution in [0.2, 0.25) is 0 Å². The fraction of sp³-hybridized carbons (Fsp3) is 0.571. The van der Waals surface area contributed by atoms with Crippen molar-refractivity contribution in [3.8, 4) is 5.88 Å². The van der Waals surface area contributed by atoms with Crippen LogP contribution in [0.5, 0.6) is 5.88 Å². The van der Waals surface area contributed by atoms with Gasteiger partial charge in [0, 0.05) is 51.0 Å². The van der Waals surface area contributed by atoms with Gasteiger partial charge in [-0.05, 0) is 25.2 Å². The van der Waals surface area contributed by atoms with E-state index < -0.39 is 29.5 Å². The first-order chi connectivity index (χ1) is 16.9. The van der Waals surface area contributed by atoms with Crippen LogP contribution < -0.4 is 25.6 Å². The molecule has 0 unspecified atom stereocenters. The Kier molecular flexibility index (Phi) is 6.65. The number of alkyl halides is 1. The van der Waals surface area contributed by atoms with Gasteiger partial charge in [-0.15, -0.1) is 0 Å². The molecule has 0 aromatic carbocycles. The summed E-state index contributed by atoms with van der Waals surface area (Å²) in [6.07, 6.45) is 2.73. The molecule has 2 saturated heterocycles. The maximum atomic E-state index is 14.8. The molecule has 2 aromatic rings. The smallest absolute Gasteiger partial charge is 0.391 e. The van der Waals surface area contributed by atoms with Crippen molar-refractivity contribution < 1.29 is 23.1 Å². The number of hydrogen-bond acceptors (Lipinski definition) is 9. The Morgan fingerprint density at radius 1 is 1.34 bits per heavy atom. The zero-order valence-corrected chi connectivity index (χ0v) is 19.8. The second-order valence-electron chi connectivity index (χ2n) is 9.00. The lowest BCUT2D eigenvalue weighted by Gasteiger charge is -2.39. The molecule has 5 rings (SSSR count). The Labute approximate surface area is 204 Å². The number of carbonyl (C=O) groups is 2. The van der Waals surface area contributed by atoms with E-state index in [0.29, 0.717) is 29.8 Å². The zero-order chi connectivity index (χ0) is 24.5. The van der Waals surface area contributed by atoms with Gasteiger partial charge in [-0.1, -0.05) is 11.3 Å². The van der Waals surface area contributed by atoms with Crippen molar-refractivity contribution in [1.82, 2.24) is 30.5 Å². The molecule has 1 saturated carbocycles. The number of ether oxygens (including phenoxy) is 1. The van der Waals surface area contributed by atoms with Gasteiger partial charge in [-0.25, -0.2) is 23.9 Å². The predicted octanol–water partition coefficient (Wildman–Crippen LogP) is 1.99. The molecule has 3 aliphatic rings. The number of anilines is 2. The molecule has 1 aliphatic carbocycles. The Bertz CT molecular complexity index is 1090. The first-order valence-corrected chi connectivity index (χ1v) is 12.3. The van der Waals surface area contributed by atoms with E-state index in [2.05, 4.69) is 30.9 Å². The second kappa shape index (κ2) is 9.85. The van der Waals surface area contributed by atoms with Gasteiger partial charge in [0.05, 0.1) is 12.2 Å². The van der Waals surface area contributed by atoms with E-state index >= 15 is 0 Å². The summed E-state index contributed by atoms with van der Waals surface area (Å²) < 4.78 is 33.3. The fourth-order valence-corrected chi connectivity index (χ4v) is 5.46. The first-order valence-electron chi connectivity index (χ1n) is 11.4. The van der Waals surface area contributed by atoms with E-state index in [-0.39, 0.29) is 36.0 Å². The molecule has 2 aliphatic heterocycles. The quantitative estimate of drug-likeness (QED) is 0.560. The van der Waals surface area contributed by atoms with Crippen molar-refractivity contribution in [1.29, 1.82) is 0 Å². The molecule has 188 valence electrons. The lowest BCUT2D eigenvalue weighted by atomic mass is 10.0. The Hall–Kier alpha value is -3.13. The van der Waals surface area contributed by atoms with Gasteiger partial charge >= 0.3 is 12.1 Å². The number of aromatic nitrogens is 3. The number of carbonyl (C=O) groups excluding carboxylic acids is 2. The number of urea groups is 1. The fourth-order valence-electron chi connectivity index (χ4n) is 4.92. The number of thiazole rings is 1. The average Bonchev–Trinajstić information content (AvgIpc) is 3.56. The minimum atomic E-state index is -1.27. The number of amides is 3. The van der Waals surface area contributed by atoms with Gasteiger partial charge in [0.2, 0.25) is 11.8 Å². The largest absolute Gasteiger partial charge is 0.414 e. The summed E-state index contributed by atoms with van der Waals surface area (Å²) in [6, 6.07) is 0.625. The highest BCUT2D eigenvalue weighted by atomic mass is 32.1. The Morgan fingerprint density at radius 3 is 2.91 bits per heavy atom. The highest BCUT2D eigenvalue weighted by molar-refractivity contribution is 7.14. The number of rotatable bonds is 5. The van der Waals surface area contributed by atoms with Gasteiger partial charge in [0.25, 0.3) is 0 Å². The third-order valence-corrected chi connectivity index (χ3v) is 7.47. The van der Waals surface area contributed by atoms with Crippen molar-refractivity contribution in [2.24, 2.45) is 5.92 Å². The Morgan fingerprint density at radius 2 is 2.20 bits per heavy atom. The van der Waals surface area contributed by atoms with Crippen LogP contribution >= 0.6 is 11.3 Å². The number of fused-ring (bicyclic) bond motifs is 2. The summed E-state index contributed by atoms with van der Waals surface area (Å²) in [5.41, 5.74) is 0. The third kappa shape index (κ3) is 5.27. The topological polar surface area (TPSA) is 125 Å². The molecule has 5 atom stereocenters. The maximum absolute atomic E-state index is 14.8. The lowest BCUT2D eigenvalue weighted by Crippen LogP contribution is -2.55. The van der Waals surface area contributed by atoms with Gasteiger partial charge in [-0.3, -0.25) is 5.32 Å². The van der Waals surface area contributed by atoms with E-state index in [1.807, 2.05) is 0 Å². The predicted molar refractivity (Wildman–Crippen MR) is 124 cm³/mol. The van der Waals surface area contributed by atoms with E-state index in [4.69, 9.17) is 4.74 Å². The standard InChI is InChI=1S/C21H26F2N8O3S/c1-30(20(32)29-19-26-9-16(23)35-19)15-10-31(5-3-13(15)22)18-24-4-2-17(28-18)34-21(33)27-14-7-12-6-11(14)8-25-12/h2,4,9,11-15,25H,3,5-8,10H2,1H3,(H,27,33)(H,26,29,32)/t11-,12-,13-,14+,15+/m1/s1. The van der Waals surface area contributed by atoms with Crippen LogP contribution in [-0.2, 0) is 0 Å². The van der Waals surface area contributed by atoms with Crippen molar-refractivity contribution >= 4 is 34.5 Å². The van der Waals surface area contributed by atoms with Crippen LogP contribution in [0.4, 0.5) is 29.4 Å².